The zero-order chi connectivity index (χ0) is 21.1. The van der Waals surface area contributed by atoms with Crippen LogP contribution in [0.3, 0.4) is 0 Å². The number of amides is 1. The number of anilines is 2. The number of hydrogen-bond acceptors (Lipinski definition) is 6. The van der Waals surface area contributed by atoms with Crippen LogP contribution >= 0.6 is 0 Å². The van der Waals surface area contributed by atoms with E-state index in [-0.39, 0.29) is 5.91 Å². The number of aromatic nitrogens is 4. The highest BCUT2D eigenvalue weighted by molar-refractivity contribution is 6.04. The van der Waals surface area contributed by atoms with E-state index in [4.69, 9.17) is 4.52 Å². The molecular formula is C22H22N6O2. The van der Waals surface area contributed by atoms with Gasteiger partial charge in [-0.1, -0.05) is 17.3 Å². The Labute approximate surface area is 174 Å². The third-order valence-electron chi connectivity index (χ3n) is 4.66. The Morgan fingerprint density at radius 1 is 1.07 bits per heavy atom. The number of benzene rings is 2. The van der Waals surface area contributed by atoms with Crippen LogP contribution in [0.5, 0.6) is 0 Å². The van der Waals surface area contributed by atoms with Crippen molar-refractivity contribution in [2.24, 2.45) is 0 Å². The second-order valence-corrected chi connectivity index (χ2v) is 7.11. The van der Waals surface area contributed by atoms with E-state index in [2.05, 4.69) is 44.8 Å². The van der Waals surface area contributed by atoms with Crippen molar-refractivity contribution in [2.75, 3.05) is 24.3 Å². The minimum absolute atomic E-state index is 0.215. The number of rotatable bonds is 6. The van der Waals surface area contributed by atoms with Crippen LogP contribution < -0.4 is 10.2 Å². The Morgan fingerprint density at radius 3 is 2.43 bits per heavy atom. The molecule has 4 rings (SSSR count). The average molecular weight is 402 g/mol. The molecule has 0 aliphatic carbocycles. The first kappa shape index (κ1) is 19.4. The van der Waals surface area contributed by atoms with Crippen LogP contribution in [0.1, 0.15) is 21.7 Å². The SMILES string of the molecule is Cc1noc(-c2ccc(C(=O)Nc3ccnn3Cc3ccc(N(C)C)cc3)cc2)n1. The van der Waals surface area contributed by atoms with E-state index in [0.29, 0.717) is 29.6 Å². The van der Waals surface area contributed by atoms with Crippen molar-refractivity contribution in [2.45, 2.75) is 13.5 Å². The molecule has 30 heavy (non-hydrogen) atoms. The highest BCUT2D eigenvalue weighted by atomic mass is 16.5. The molecule has 0 aliphatic rings. The van der Waals surface area contributed by atoms with Crippen LogP contribution in [0.25, 0.3) is 11.5 Å². The van der Waals surface area contributed by atoms with Crippen molar-refractivity contribution in [3.8, 4) is 11.5 Å². The summed E-state index contributed by atoms with van der Waals surface area (Å²) in [5.41, 5.74) is 3.52. The summed E-state index contributed by atoms with van der Waals surface area (Å²) >= 11 is 0. The van der Waals surface area contributed by atoms with Gasteiger partial charge in [-0.2, -0.15) is 10.1 Å². The van der Waals surface area contributed by atoms with Crippen LogP contribution in [0.15, 0.2) is 65.3 Å². The molecule has 0 unspecified atom stereocenters. The normalized spacial score (nSPS) is 10.8. The molecule has 0 radical (unpaired) electrons. The molecule has 2 aromatic carbocycles. The fourth-order valence-electron chi connectivity index (χ4n) is 3.00. The third-order valence-corrected chi connectivity index (χ3v) is 4.66. The van der Waals surface area contributed by atoms with Gasteiger partial charge in [0.2, 0.25) is 0 Å². The number of nitrogens with one attached hydrogen (secondary N) is 1. The second-order valence-electron chi connectivity index (χ2n) is 7.11. The van der Waals surface area contributed by atoms with Crippen LogP contribution in [0.2, 0.25) is 0 Å². The van der Waals surface area contributed by atoms with Crippen molar-refractivity contribution in [3.63, 3.8) is 0 Å². The number of carbonyl (C=O) groups is 1. The van der Waals surface area contributed by atoms with Gasteiger partial charge in [0.1, 0.15) is 5.82 Å². The minimum atomic E-state index is -0.215. The smallest absolute Gasteiger partial charge is 0.257 e. The fraction of sp³-hybridized carbons (Fsp3) is 0.182. The van der Waals surface area contributed by atoms with Gasteiger partial charge in [0.15, 0.2) is 5.82 Å². The fourth-order valence-corrected chi connectivity index (χ4v) is 3.00. The molecular weight excluding hydrogens is 380 g/mol. The summed E-state index contributed by atoms with van der Waals surface area (Å²) in [5, 5.41) is 11.0. The van der Waals surface area contributed by atoms with Crippen LogP contribution in [0.4, 0.5) is 11.5 Å². The van der Waals surface area contributed by atoms with Crippen molar-refractivity contribution in [3.05, 3.63) is 77.7 Å². The molecule has 0 saturated carbocycles. The van der Waals surface area contributed by atoms with E-state index in [9.17, 15) is 4.79 Å². The lowest BCUT2D eigenvalue weighted by Gasteiger charge is -2.13. The van der Waals surface area contributed by atoms with E-state index < -0.39 is 0 Å². The van der Waals surface area contributed by atoms with Crippen molar-refractivity contribution in [1.82, 2.24) is 19.9 Å². The van der Waals surface area contributed by atoms with E-state index >= 15 is 0 Å². The molecule has 1 amide bonds. The Hall–Kier alpha value is -3.94. The highest BCUT2D eigenvalue weighted by Crippen LogP contribution is 2.19. The standard InChI is InChI=1S/C22H22N6O2/c1-15-24-22(30-26-15)18-8-6-17(7-9-18)21(29)25-20-12-13-23-28(20)14-16-4-10-19(11-5-16)27(2)3/h4-13H,14H2,1-3H3,(H,25,29). The summed E-state index contributed by atoms with van der Waals surface area (Å²) in [6.45, 7) is 2.32. The molecule has 0 aliphatic heterocycles. The first-order valence-corrected chi connectivity index (χ1v) is 9.50. The average Bonchev–Trinajstić information content (AvgIpc) is 3.37. The molecule has 1 N–H and O–H groups in total. The number of hydrogen-bond donors (Lipinski definition) is 1. The molecule has 0 bridgehead atoms. The lowest BCUT2D eigenvalue weighted by Crippen LogP contribution is -2.16. The second kappa shape index (κ2) is 8.20. The van der Waals surface area contributed by atoms with Gasteiger partial charge in [-0.05, 0) is 48.9 Å². The quantitative estimate of drug-likeness (QED) is 0.530. The summed E-state index contributed by atoms with van der Waals surface area (Å²) in [6, 6.07) is 17.0. The molecule has 8 heteroatoms. The number of nitrogens with zero attached hydrogens (tertiary/aromatic N) is 5. The molecule has 8 nitrogen and oxygen atoms in total. The lowest BCUT2D eigenvalue weighted by molar-refractivity contribution is 0.102. The minimum Gasteiger partial charge on any atom is -0.378 e. The number of carbonyl (C=O) groups excluding carboxylic acids is 1. The Bertz CT molecular complexity index is 1140. The summed E-state index contributed by atoms with van der Waals surface area (Å²) in [4.78, 5) is 18.9. The summed E-state index contributed by atoms with van der Waals surface area (Å²) < 4.78 is 6.91. The maximum Gasteiger partial charge on any atom is 0.257 e. The maximum absolute atomic E-state index is 12.7. The van der Waals surface area contributed by atoms with E-state index in [1.807, 2.05) is 19.0 Å². The number of aryl methyl sites for hydroxylation is 1. The van der Waals surface area contributed by atoms with Crippen LogP contribution in [0, 0.1) is 6.92 Å². The monoisotopic (exact) mass is 402 g/mol. The Balaban J connectivity index is 1.44. The highest BCUT2D eigenvalue weighted by Gasteiger charge is 2.12. The zero-order valence-corrected chi connectivity index (χ0v) is 17.0. The van der Waals surface area contributed by atoms with Gasteiger partial charge in [-0.3, -0.25) is 4.79 Å². The lowest BCUT2D eigenvalue weighted by atomic mass is 10.1. The Kier molecular flexibility index (Phi) is 5.30. The van der Waals surface area contributed by atoms with E-state index in [1.54, 1.807) is 48.1 Å². The molecule has 0 fully saturated rings. The predicted molar refractivity (Wildman–Crippen MR) is 115 cm³/mol. The molecule has 4 aromatic rings. The first-order chi connectivity index (χ1) is 14.5. The largest absolute Gasteiger partial charge is 0.378 e. The first-order valence-electron chi connectivity index (χ1n) is 9.50. The van der Waals surface area contributed by atoms with Gasteiger partial charge >= 0.3 is 0 Å². The van der Waals surface area contributed by atoms with Gasteiger partial charge in [-0.15, -0.1) is 0 Å². The molecule has 0 atom stereocenters. The van der Waals surface area contributed by atoms with Crippen molar-refractivity contribution in [1.29, 1.82) is 0 Å². The van der Waals surface area contributed by atoms with Gasteiger partial charge in [-0.25, -0.2) is 4.68 Å². The van der Waals surface area contributed by atoms with Crippen LogP contribution in [-0.4, -0.2) is 39.9 Å². The molecule has 2 heterocycles. The van der Waals surface area contributed by atoms with E-state index in [0.717, 1.165) is 16.8 Å². The van der Waals surface area contributed by atoms with Gasteiger partial charge in [0.05, 0.1) is 12.7 Å². The predicted octanol–water partition coefficient (Wildman–Crippen LogP) is 3.61. The zero-order valence-electron chi connectivity index (χ0n) is 17.0. The third kappa shape index (κ3) is 4.22. The van der Waals surface area contributed by atoms with Crippen molar-refractivity contribution < 1.29 is 9.32 Å². The topological polar surface area (TPSA) is 89.1 Å². The van der Waals surface area contributed by atoms with Crippen molar-refractivity contribution >= 4 is 17.4 Å². The summed E-state index contributed by atoms with van der Waals surface area (Å²) in [6.07, 6.45) is 1.67. The molecule has 0 spiro atoms. The van der Waals surface area contributed by atoms with E-state index in [1.165, 1.54) is 0 Å². The summed E-state index contributed by atoms with van der Waals surface area (Å²) in [7, 11) is 4.01. The van der Waals surface area contributed by atoms with Gasteiger partial charge < -0.3 is 14.7 Å². The molecule has 152 valence electrons. The van der Waals surface area contributed by atoms with Gasteiger partial charge in [0, 0.05) is 37.0 Å². The maximum atomic E-state index is 12.7. The van der Waals surface area contributed by atoms with Crippen LogP contribution in [-0.2, 0) is 6.54 Å². The molecule has 2 aromatic heterocycles. The summed E-state index contributed by atoms with van der Waals surface area (Å²) in [5.74, 6) is 1.41. The molecule has 0 saturated heterocycles. The Morgan fingerprint density at radius 2 is 1.80 bits per heavy atom. The van der Waals surface area contributed by atoms with Gasteiger partial charge in [0.25, 0.3) is 11.8 Å².